The number of ether oxygens (including phenoxy) is 1. The van der Waals surface area contributed by atoms with Crippen molar-refractivity contribution in [3.05, 3.63) is 29.3 Å². The van der Waals surface area contributed by atoms with Gasteiger partial charge in [0, 0.05) is 6.61 Å². The molecule has 0 radical (unpaired) electrons. The van der Waals surface area contributed by atoms with Crippen molar-refractivity contribution in [3.63, 3.8) is 0 Å². The van der Waals surface area contributed by atoms with E-state index >= 15 is 0 Å². The molecule has 0 aromatic heterocycles. The van der Waals surface area contributed by atoms with Crippen LogP contribution < -0.4 is 4.90 Å². The van der Waals surface area contributed by atoms with Gasteiger partial charge in [0.15, 0.2) is 8.32 Å². The number of benzene rings is 1. The van der Waals surface area contributed by atoms with Crippen molar-refractivity contribution < 1.29 is 31.9 Å². The van der Waals surface area contributed by atoms with Crippen molar-refractivity contribution >= 4 is 25.8 Å². The summed E-state index contributed by atoms with van der Waals surface area (Å²) in [6.45, 7) is 14.9. The van der Waals surface area contributed by atoms with Crippen molar-refractivity contribution in [2.75, 3.05) is 11.5 Å². The minimum atomic E-state index is -4.80. The van der Waals surface area contributed by atoms with Crippen LogP contribution in [-0.4, -0.2) is 37.9 Å². The van der Waals surface area contributed by atoms with Crippen LogP contribution in [0.1, 0.15) is 58.6 Å². The summed E-state index contributed by atoms with van der Waals surface area (Å²) >= 11 is 0. The smallest absolute Gasteiger partial charge is 0.417 e. The van der Waals surface area contributed by atoms with Gasteiger partial charge in [0.05, 0.1) is 45.9 Å². The molecule has 4 rings (SSSR count). The Balaban J connectivity index is 1.69. The Morgan fingerprint density at radius 3 is 2.36 bits per heavy atom. The van der Waals surface area contributed by atoms with Gasteiger partial charge in [0.2, 0.25) is 11.8 Å². The highest BCUT2D eigenvalue weighted by atomic mass is 28.4. The van der Waals surface area contributed by atoms with Gasteiger partial charge in [-0.15, -0.1) is 0 Å². The largest absolute Gasteiger partial charge is 0.417 e. The topological polar surface area (TPSA) is 79.6 Å². The van der Waals surface area contributed by atoms with Crippen LogP contribution in [0, 0.1) is 29.1 Å². The van der Waals surface area contributed by atoms with Crippen LogP contribution in [0.2, 0.25) is 18.1 Å². The molecule has 3 saturated heterocycles. The van der Waals surface area contributed by atoms with Crippen molar-refractivity contribution in [1.82, 2.24) is 0 Å². The summed E-state index contributed by atoms with van der Waals surface area (Å²) in [4.78, 5) is 28.2. The van der Waals surface area contributed by atoms with E-state index in [9.17, 15) is 22.8 Å². The first-order valence-corrected chi connectivity index (χ1v) is 15.1. The maximum Gasteiger partial charge on any atom is 0.417 e. The molecule has 3 heterocycles. The van der Waals surface area contributed by atoms with Gasteiger partial charge >= 0.3 is 6.18 Å². The molecule has 3 aliphatic heterocycles. The lowest BCUT2D eigenvalue weighted by atomic mass is 9.63. The second-order valence-corrected chi connectivity index (χ2v) is 16.9. The number of amides is 2. The molecule has 196 valence electrons. The highest BCUT2D eigenvalue weighted by molar-refractivity contribution is 6.74. The van der Waals surface area contributed by atoms with Gasteiger partial charge in [-0.05, 0) is 62.0 Å². The molecule has 0 aliphatic carbocycles. The number of nitrogens with zero attached hydrogens (tertiary/aromatic N) is 2. The highest BCUT2D eigenvalue weighted by Crippen LogP contribution is 2.64. The standard InChI is InChI=1S/C26H33F3N2O4Si/c1-15-13-24(5)19-20(25(15,35-24)10-11-34-36(6,7)23(2,3)4)22(33)31(21(19)32)17-9-8-16(14-30)18(12-17)26(27,28)29/h8-9,12,15,19-20H,10-11,13H2,1-7H3/t15-,19+,20-,24+,25-/m0/s1. The van der Waals surface area contributed by atoms with Crippen molar-refractivity contribution in [2.45, 2.75) is 83.0 Å². The molecule has 3 fully saturated rings. The van der Waals surface area contributed by atoms with Gasteiger partial charge in [0.1, 0.15) is 0 Å². The van der Waals surface area contributed by atoms with E-state index < -0.39 is 60.5 Å². The maximum atomic E-state index is 13.8. The number of fused-ring (bicyclic) bond motifs is 5. The maximum absolute atomic E-state index is 13.8. The van der Waals surface area contributed by atoms with Crippen LogP contribution >= 0.6 is 0 Å². The molecule has 10 heteroatoms. The van der Waals surface area contributed by atoms with Crippen LogP contribution in [0.3, 0.4) is 0 Å². The fourth-order valence-electron chi connectivity index (χ4n) is 6.09. The zero-order valence-electron chi connectivity index (χ0n) is 21.7. The zero-order chi connectivity index (χ0) is 27.1. The number of hydrogen-bond acceptors (Lipinski definition) is 5. The molecule has 0 spiro atoms. The van der Waals surface area contributed by atoms with Gasteiger partial charge in [-0.2, -0.15) is 18.4 Å². The van der Waals surface area contributed by atoms with Crippen LogP contribution in [0.25, 0.3) is 0 Å². The van der Waals surface area contributed by atoms with Crippen LogP contribution in [-0.2, 0) is 24.9 Å². The molecule has 3 aliphatic rings. The first-order chi connectivity index (χ1) is 16.4. The minimum absolute atomic E-state index is 0.00125. The second kappa shape index (κ2) is 8.14. The van der Waals surface area contributed by atoms with Gasteiger partial charge in [-0.1, -0.05) is 27.7 Å². The van der Waals surface area contributed by atoms with E-state index in [0.29, 0.717) is 19.4 Å². The van der Waals surface area contributed by atoms with Gasteiger partial charge < -0.3 is 9.16 Å². The summed E-state index contributed by atoms with van der Waals surface area (Å²) in [5, 5.41) is 9.12. The number of carbonyl (C=O) groups excluding carboxylic acids is 2. The SMILES string of the molecule is C[C@H]1C[C@@]2(C)O[C@]1(CCO[Si](C)(C)C(C)(C)C)[C@@H]1C(=O)N(c3ccc(C#N)c(C(F)(F)F)c3)C(=O)[C@@H]12. The number of alkyl halides is 3. The van der Waals surface area contributed by atoms with Crippen LogP contribution in [0.5, 0.6) is 0 Å². The minimum Gasteiger partial charge on any atom is -0.417 e. The number of imide groups is 1. The fourth-order valence-corrected chi connectivity index (χ4v) is 7.13. The summed E-state index contributed by atoms with van der Waals surface area (Å²) in [5.74, 6) is -2.71. The molecule has 1 aromatic rings. The molecule has 2 bridgehead atoms. The van der Waals surface area contributed by atoms with E-state index in [-0.39, 0.29) is 16.6 Å². The van der Waals surface area contributed by atoms with E-state index in [0.717, 1.165) is 17.0 Å². The number of halogens is 3. The third-order valence-electron chi connectivity index (χ3n) is 8.91. The quantitative estimate of drug-likeness (QED) is 0.368. The Morgan fingerprint density at radius 1 is 1.19 bits per heavy atom. The third-order valence-corrected chi connectivity index (χ3v) is 13.4. The molecule has 0 saturated carbocycles. The lowest BCUT2D eigenvalue weighted by Crippen LogP contribution is -2.49. The fraction of sp³-hybridized carbons (Fsp3) is 0.654. The van der Waals surface area contributed by atoms with Gasteiger partial charge in [-0.3, -0.25) is 9.59 Å². The molecule has 1 aromatic carbocycles. The molecule has 0 unspecified atom stereocenters. The molecular weight excluding hydrogens is 489 g/mol. The zero-order valence-corrected chi connectivity index (χ0v) is 22.7. The molecule has 36 heavy (non-hydrogen) atoms. The van der Waals surface area contributed by atoms with Crippen molar-refractivity contribution in [2.24, 2.45) is 17.8 Å². The number of hydrogen-bond donors (Lipinski definition) is 0. The van der Waals surface area contributed by atoms with E-state index in [4.69, 9.17) is 14.4 Å². The highest BCUT2D eigenvalue weighted by Gasteiger charge is 2.76. The predicted molar refractivity (Wildman–Crippen MR) is 129 cm³/mol. The Hall–Kier alpha value is -2.22. The lowest BCUT2D eigenvalue weighted by molar-refractivity contribution is -0.138. The average molecular weight is 523 g/mol. The Labute approximate surface area is 210 Å². The average Bonchev–Trinajstić information content (AvgIpc) is 3.27. The normalized spacial score (nSPS) is 32.2. The Kier molecular flexibility index (Phi) is 6.06. The number of nitriles is 1. The van der Waals surface area contributed by atoms with Crippen molar-refractivity contribution in [3.8, 4) is 6.07 Å². The Morgan fingerprint density at radius 2 is 1.81 bits per heavy atom. The molecule has 0 N–H and O–H groups in total. The molecular formula is C26H33F3N2O4Si. The van der Waals surface area contributed by atoms with Crippen LogP contribution in [0.4, 0.5) is 18.9 Å². The molecule has 6 nitrogen and oxygen atoms in total. The monoisotopic (exact) mass is 522 g/mol. The van der Waals surface area contributed by atoms with Crippen molar-refractivity contribution in [1.29, 1.82) is 5.26 Å². The summed E-state index contributed by atoms with van der Waals surface area (Å²) < 4.78 is 53.6. The van der Waals surface area contributed by atoms with E-state index in [1.807, 2.05) is 13.8 Å². The van der Waals surface area contributed by atoms with E-state index in [1.165, 1.54) is 12.1 Å². The van der Waals surface area contributed by atoms with Gasteiger partial charge in [0.25, 0.3) is 0 Å². The number of anilines is 1. The molecule has 5 atom stereocenters. The summed E-state index contributed by atoms with van der Waals surface area (Å²) in [5.41, 5.74) is -3.72. The van der Waals surface area contributed by atoms with E-state index in [1.54, 1.807) is 0 Å². The first-order valence-electron chi connectivity index (χ1n) is 12.2. The predicted octanol–water partition coefficient (Wildman–Crippen LogP) is 5.66. The Bertz CT molecular complexity index is 1160. The molecule has 2 amide bonds. The lowest BCUT2D eigenvalue weighted by Gasteiger charge is -2.39. The number of carbonyl (C=O) groups is 2. The third kappa shape index (κ3) is 3.82. The van der Waals surface area contributed by atoms with Gasteiger partial charge in [-0.25, -0.2) is 4.90 Å². The summed E-state index contributed by atoms with van der Waals surface area (Å²) in [6, 6.07) is 4.48. The van der Waals surface area contributed by atoms with Crippen LogP contribution in [0.15, 0.2) is 18.2 Å². The van der Waals surface area contributed by atoms with E-state index in [2.05, 4.69) is 33.9 Å². The summed E-state index contributed by atoms with van der Waals surface area (Å²) in [6.07, 6.45) is -3.80. The summed E-state index contributed by atoms with van der Waals surface area (Å²) in [7, 11) is -2.06. The second-order valence-electron chi connectivity index (χ2n) is 12.1. The first kappa shape index (κ1) is 26.8. The number of rotatable bonds is 5.